The Labute approximate surface area is 126 Å². The summed E-state index contributed by atoms with van der Waals surface area (Å²) in [6, 6.07) is 5.30. The lowest BCUT2D eigenvalue weighted by molar-refractivity contribution is -0.0148. The van der Waals surface area contributed by atoms with Crippen LogP contribution in [0.3, 0.4) is 0 Å². The van der Waals surface area contributed by atoms with Crippen LogP contribution in [0, 0.1) is 0 Å². The number of nitrogens with zero attached hydrogens (tertiary/aromatic N) is 1. The van der Waals surface area contributed by atoms with Gasteiger partial charge in [-0.05, 0) is 37.5 Å². The Bertz CT molecular complexity index is 502. The number of hydrogen-bond donors (Lipinski definition) is 1. The number of hydrogen-bond acceptors (Lipinski definition) is 5. The first kappa shape index (κ1) is 15.6. The maximum Gasteiger partial charge on any atom is 0.340 e. The predicted octanol–water partition coefficient (Wildman–Crippen LogP) is 2.45. The van der Waals surface area contributed by atoms with Crippen LogP contribution in [0.4, 0.5) is 11.4 Å². The van der Waals surface area contributed by atoms with E-state index in [9.17, 15) is 4.79 Å². The van der Waals surface area contributed by atoms with Crippen molar-refractivity contribution in [3.05, 3.63) is 23.8 Å². The van der Waals surface area contributed by atoms with E-state index in [1.165, 1.54) is 0 Å². The van der Waals surface area contributed by atoms with Crippen molar-refractivity contribution < 1.29 is 14.3 Å². The SMILES string of the molecule is COC1CCCC(OC(=O)c2cc(N)ccc2N(C)C)C1. The molecule has 1 aliphatic rings. The summed E-state index contributed by atoms with van der Waals surface area (Å²) in [5, 5.41) is 0. The number of rotatable bonds is 4. The molecule has 0 aliphatic heterocycles. The Balaban J connectivity index is 2.11. The minimum absolute atomic E-state index is 0.0763. The van der Waals surface area contributed by atoms with E-state index in [0.717, 1.165) is 31.4 Å². The average molecular weight is 292 g/mol. The van der Waals surface area contributed by atoms with Crippen molar-refractivity contribution in [2.75, 3.05) is 31.8 Å². The molecule has 0 saturated heterocycles. The summed E-state index contributed by atoms with van der Waals surface area (Å²) in [6.45, 7) is 0. The largest absolute Gasteiger partial charge is 0.459 e. The minimum atomic E-state index is -0.312. The van der Waals surface area contributed by atoms with Crippen LogP contribution >= 0.6 is 0 Å². The van der Waals surface area contributed by atoms with E-state index in [1.54, 1.807) is 19.2 Å². The number of anilines is 2. The number of carbonyl (C=O) groups excluding carboxylic acids is 1. The Hall–Kier alpha value is -1.75. The molecule has 0 radical (unpaired) electrons. The monoisotopic (exact) mass is 292 g/mol. The summed E-state index contributed by atoms with van der Waals surface area (Å²) in [7, 11) is 5.49. The molecule has 2 rings (SSSR count). The predicted molar refractivity (Wildman–Crippen MR) is 83.6 cm³/mol. The zero-order valence-electron chi connectivity index (χ0n) is 13.0. The molecule has 0 amide bonds. The minimum Gasteiger partial charge on any atom is -0.459 e. The average Bonchev–Trinajstić information content (AvgIpc) is 2.47. The van der Waals surface area contributed by atoms with Crippen LogP contribution in [0.15, 0.2) is 18.2 Å². The first-order valence-electron chi connectivity index (χ1n) is 7.32. The van der Waals surface area contributed by atoms with Crippen LogP contribution in [-0.4, -0.2) is 39.4 Å². The topological polar surface area (TPSA) is 64.8 Å². The Morgan fingerprint density at radius 2 is 2.00 bits per heavy atom. The van der Waals surface area contributed by atoms with E-state index in [-0.39, 0.29) is 18.2 Å². The Morgan fingerprint density at radius 1 is 1.29 bits per heavy atom. The molecule has 5 nitrogen and oxygen atoms in total. The number of nitrogen functional groups attached to an aromatic ring is 1. The molecule has 2 N–H and O–H groups in total. The quantitative estimate of drug-likeness (QED) is 0.682. The number of esters is 1. The molecule has 1 aromatic carbocycles. The Kier molecular flexibility index (Phi) is 5.07. The maximum absolute atomic E-state index is 12.4. The van der Waals surface area contributed by atoms with E-state index in [4.69, 9.17) is 15.2 Å². The lowest BCUT2D eigenvalue weighted by Crippen LogP contribution is -2.29. The van der Waals surface area contributed by atoms with Gasteiger partial charge in [-0.1, -0.05) is 0 Å². The van der Waals surface area contributed by atoms with Gasteiger partial charge in [-0.3, -0.25) is 0 Å². The van der Waals surface area contributed by atoms with Gasteiger partial charge in [0.15, 0.2) is 0 Å². The van der Waals surface area contributed by atoms with Gasteiger partial charge >= 0.3 is 5.97 Å². The van der Waals surface area contributed by atoms with Crippen molar-refractivity contribution in [3.8, 4) is 0 Å². The van der Waals surface area contributed by atoms with Gasteiger partial charge in [-0.25, -0.2) is 4.79 Å². The summed E-state index contributed by atoms with van der Waals surface area (Å²) in [6.07, 6.45) is 3.82. The van der Waals surface area contributed by atoms with Crippen LogP contribution in [-0.2, 0) is 9.47 Å². The second-order valence-electron chi connectivity index (χ2n) is 5.72. The van der Waals surface area contributed by atoms with E-state index in [2.05, 4.69) is 0 Å². The molecule has 0 heterocycles. The summed E-state index contributed by atoms with van der Waals surface area (Å²) >= 11 is 0. The molecule has 116 valence electrons. The van der Waals surface area contributed by atoms with Crippen LogP contribution in [0.25, 0.3) is 0 Å². The van der Waals surface area contributed by atoms with Crippen LogP contribution in [0.1, 0.15) is 36.0 Å². The summed E-state index contributed by atoms with van der Waals surface area (Å²) in [5.41, 5.74) is 7.68. The smallest absolute Gasteiger partial charge is 0.340 e. The third-order valence-electron chi connectivity index (χ3n) is 3.91. The highest BCUT2D eigenvalue weighted by Gasteiger charge is 2.26. The van der Waals surface area contributed by atoms with Gasteiger partial charge in [0.1, 0.15) is 6.10 Å². The molecule has 5 heteroatoms. The van der Waals surface area contributed by atoms with E-state index in [0.29, 0.717) is 11.3 Å². The van der Waals surface area contributed by atoms with Crippen molar-refractivity contribution in [3.63, 3.8) is 0 Å². The van der Waals surface area contributed by atoms with E-state index < -0.39 is 0 Å². The van der Waals surface area contributed by atoms with E-state index >= 15 is 0 Å². The molecule has 1 aliphatic carbocycles. The lowest BCUT2D eigenvalue weighted by atomic mass is 9.95. The van der Waals surface area contributed by atoms with Crippen molar-refractivity contribution in [1.82, 2.24) is 0 Å². The molecular formula is C16H24N2O3. The first-order chi connectivity index (χ1) is 10.0. The van der Waals surface area contributed by atoms with Crippen molar-refractivity contribution in [2.24, 2.45) is 0 Å². The standard InChI is InChI=1S/C16H24N2O3/c1-18(2)15-8-7-11(17)9-14(15)16(19)21-13-6-4-5-12(10-13)20-3/h7-9,12-13H,4-6,10,17H2,1-3H3. The van der Waals surface area contributed by atoms with Crippen molar-refractivity contribution >= 4 is 17.3 Å². The molecule has 1 aromatic rings. The lowest BCUT2D eigenvalue weighted by Gasteiger charge is -2.28. The molecule has 0 aromatic heterocycles. The molecule has 21 heavy (non-hydrogen) atoms. The normalized spacial score (nSPS) is 21.9. The summed E-state index contributed by atoms with van der Waals surface area (Å²) in [5.74, 6) is -0.312. The second-order valence-corrected chi connectivity index (χ2v) is 5.72. The fourth-order valence-electron chi connectivity index (χ4n) is 2.75. The maximum atomic E-state index is 12.4. The van der Waals surface area contributed by atoms with Gasteiger partial charge in [0, 0.05) is 33.3 Å². The van der Waals surface area contributed by atoms with Gasteiger partial charge in [-0.15, -0.1) is 0 Å². The van der Waals surface area contributed by atoms with Gasteiger partial charge < -0.3 is 20.1 Å². The van der Waals surface area contributed by atoms with Gasteiger partial charge in [-0.2, -0.15) is 0 Å². The number of ether oxygens (including phenoxy) is 2. The number of carbonyl (C=O) groups is 1. The van der Waals surface area contributed by atoms with Gasteiger partial charge in [0.25, 0.3) is 0 Å². The third-order valence-corrected chi connectivity index (χ3v) is 3.91. The van der Waals surface area contributed by atoms with Crippen LogP contribution in [0.5, 0.6) is 0 Å². The van der Waals surface area contributed by atoms with Crippen LogP contribution in [0.2, 0.25) is 0 Å². The number of methoxy groups -OCH3 is 1. The van der Waals surface area contributed by atoms with E-state index in [1.807, 2.05) is 25.1 Å². The fraction of sp³-hybridized carbons (Fsp3) is 0.562. The summed E-state index contributed by atoms with van der Waals surface area (Å²) in [4.78, 5) is 14.3. The Morgan fingerprint density at radius 3 is 2.67 bits per heavy atom. The number of nitrogens with two attached hydrogens (primary N) is 1. The molecule has 2 unspecified atom stereocenters. The second kappa shape index (κ2) is 6.80. The highest BCUT2D eigenvalue weighted by Crippen LogP contribution is 2.27. The molecule has 1 saturated carbocycles. The molecule has 0 spiro atoms. The molecule has 1 fully saturated rings. The van der Waals surface area contributed by atoms with Crippen molar-refractivity contribution in [2.45, 2.75) is 37.9 Å². The zero-order valence-corrected chi connectivity index (χ0v) is 13.0. The molecule has 0 bridgehead atoms. The fourth-order valence-corrected chi connectivity index (χ4v) is 2.75. The third kappa shape index (κ3) is 3.88. The highest BCUT2D eigenvalue weighted by molar-refractivity contribution is 5.97. The van der Waals surface area contributed by atoms with Gasteiger partial charge in [0.05, 0.1) is 17.4 Å². The molecule has 2 atom stereocenters. The highest BCUT2D eigenvalue weighted by atomic mass is 16.5. The van der Waals surface area contributed by atoms with Crippen LogP contribution < -0.4 is 10.6 Å². The summed E-state index contributed by atoms with van der Waals surface area (Å²) < 4.78 is 11.0. The number of benzene rings is 1. The zero-order chi connectivity index (χ0) is 15.4. The first-order valence-corrected chi connectivity index (χ1v) is 7.32. The van der Waals surface area contributed by atoms with Crippen molar-refractivity contribution in [1.29, 1.82) is 0 Å². The molecular weight excluding hydrogens is 268 g/mol. The van der Waals surface area contributed by atoms with Gasteiger partial charge in [0.2, 0.25) is 0 Å².